The van der Waals surface area contributed by atoms with Crippen LogP contribution < -0.4 is 11.1 Å². The first kappa shape index (κ1) is 19.2. The Bertz CT molecular complexity index is 787. The first-order chi connectivity index (χ1) is 12.3. The van der Waals surface area contributed by atoms with Gasteiger partial charge in [0, 0.05) is 25.3 Å². The van der Waals surface area contributed by atoms with E-state index in [1.807, 2.05) is 0 Å². The van der Waals surface area contributed by atoms with Gasteiger partial charge in [-0.15, -0.1) is 24.0 Å². The van der Waals surface area contributed by atoms with Crippen molar-refractivity contribution in [1.82, 2.24) is 4.90 Å². The lowest BCUT2D eigenvalue weighted by atomic mass is 10.0. The van der Waals surface area contributed by atoms with Gasteiger partial charge in [0.1, 0.15) is 0 Å². The number of nitrogens with zero attached hydrogens (tertiary/aromatic N) is 2. The summed E-state index contributed by atoms with van der Waals surface area (Å²) < 4.78 is 0. The molecule has 0 atom stereocenters. The quantitative estimate of drug-likeness (QED) is 0.415. The third kappa shape index (κ3) is 4.57. The van der Waals surface area contributed by atoms with Crippen molar-refractivity contribution in [2.24, 2.45) is 10.7 Å². The molecule has 1 aliphatic carbocycles. The summed E-state index contributed by atoms with van der Waals surface area (Å²) in [4.78, 5) is 6.96. The van der Waals surface area contributed by atoms with E-state index in [-0.39, 0.29) is 24.0 Å². The summed E-state index contributed by atoms with van der Waals surface area (Å²) in [6.45, 7) is 3.79. The Morgan fingerprint density at radius 2 is 1.77 bits per heavy atom. The largest absolute Gasteiger partial charge is 0.370 e. The Kier molecular flexibility index (Phi) is 6.53. The van der Waals surface area contributed by atoms with Crippen molar-refractivity contribution < 1.29 is 0 Å². The zero-order valence-electron chi connectivity index (χ0n) is 15.1. The minimum Gasteiger partial charge on any atom is -0.370 e. The van der Waals surface area contributed by atoms with E-state index in [2.05, 4.69) is 57.7 Å². The molecule has 2 aliphatic rings. The van der Waals surface area contributed by atoms with Crippen LogP contribution in [0.15, 0.2) is 47.5 Å². The molecule has 0 radical (unpaired) electrons. The summed E-state index contributed by atoms with van der Waals surface area (Å²) in [6, 6.07) is 15.3. The number of nitrogens with two attached hydrogens (primary N) is 1. The molecule has 0 saturated heterocycles. The molecule has 4 rings (SSSR count). The second kappa shape index (κ2) is 8.86. The van der Waals surface area contributed by atoms with E-state index >= 15 is 0 Å². The Hall–Kier alpha value is -1.60. The normalized spacial score (nSPS) is 16.5. The summed E-state index contributed by atoms with van der Waals surface area (Å²) in [7, 11) is 0. The van der Waals surface area contributed by atoms with E-state index in [4.69, 9.17) is 5.73 Å². The average Bonchev–Trinajstić information content (AvgIpc) is 3.09. The molecule has 1 aliphatic heterocycles. The van der Waals surface area contributed by atoms with Crippen LogP contribution in [0.1, 0.15) is 28.7 Å². The van der Waals surface area contributed by atoms with Crippen LogP contribution in [-0.2, 0) is 25.8 Å². The van der Waals surface area contributed by atoms with Crippen LogP contribution >= 0.6 is 24.0 Å². The molecule has 3 N–H and O–H groups in total. The molecule has 0 amide bonds. The molecule has 0 unspecified atom stereocenters. The van der Waals surface area contributed by atoms with Crippen molar-refractivity contribution in [3.8, 4) is 0 Å². The third-order valence-electron chi connectivity index (χ3n) is 5.28. The molecule has 1 heterocycles. The number of benzene rings is 2. The van der Waals surface area contributed by atoms with E-state index in [0.717, 1.165) is 38.3 Å². The number of halogens is 1. The van der Waals surface area contributed by atoms with Crippen LogP contribution in [-0.4, -0.2) is 30.5 Å². The van der Waals surface area contributed by atoms with E-state index in [0.29, 0.717) is 5.96 Å². The molecule has 0 aromatic heterocycles. The molecule has 0 saturated carbocycles. The van der Waals surface area contributed by atoms with Crippen LogP contribution in [0.5, 0.6) is 0 Å². The second-order valence-corrected chi connectivity index (χ2v) is 7.02. The van der Waals surface area contributed by atoms with Crippen LogP contribution in [0.4, 0.5) is 5.69 Å². The first-order valence-corrected chi connectivity index (χ1v) is 9.26. The lowest BCUT2D eigenvalue weighted by molar-refractivity contribution is 0.262. The number of anilines is 1. The van der Waals surface area contributed by atoms with Gasteiger partial charge in [0.25, 0.3) is 0 Å². The van der Waals surface area contributed by atoms with Gasteiger partial charge in [-0.2, -0.15) is 0 Å². The highest BCUT2D eigenvalue weighted by Crippen LogP contribution is 2.24. The van der Waals surface area contributed by atoms with Crippen molar-refractivity contribution >= 4 is 35.6 Å². The number of fused-ring (bicyclic) bond motifs is 2. The maximum Gasteiger partial charge on any atom is 0.193 e. The number of hydrogen-bond acceptors (Lipinski definition) is 2. The van der Waals surface area contributed by atoms with E-state index < -0.39 is 0 Å². The lowest BCUT2D eigenvalue weighted by Gasteiger charge is -2.28. The molecule has 0 spiro atoms. The van der Waals surface area contributed by atoms with Gasteiger partial charge < -0.3 is 11.1 Å². The highest BCUT2D eigenvalue weighted by molar-refractivity contribution is 14.0. The first-order valence-electron chi connectivity index (χ1n) is 9.26. The standard InChI is InChI=1S/C21H26N4.HI/c22-21(24-20-9-8-16-6-3-7-18(16)14-20)23-11-13-25-12-10-17-4-1-2-5-19(17)15-25;/h1-2,4-5,8-9,14H,3,6-7,10-13,15H2,(H3,22,23,24);1H. The van der Waals surface area contributed by atoms with Gasteiger partial charge in [0.15, 0.2) is 5.96 Å². The Morgan fingerprint density at radius 3 is 2.65 bits per heavy atom. The van der Waals surface area contributed by atoms with Crippen LogP contribution in [0.3, 0.4) is 0 Å². The molecule has 5 heteroatoms. The minimum atomic E-state index is 0. The number of guanidine groups is 1. The summed E-state index contributed by atoms with van der Waals surface area (Å²) in [5, 5.41) is 3.23. The molecule has 138 valence electrons. The lowest BCUT2D eigenvalue weighted by Crippen LogP contribution is -2.33. The fraction of sp³-hybridized carbons (Fsp3) is 0.381. The third-order valence-corrected chi connectivity index (χ3v) is 5.28. The number of rotatable bonds is 4. The SMILES string of the molecule is I.NC(=NCCN1CCc2ccccc2C1)Nc1ccc2c(c1)CCC2. The molecule has 0 bridgehead atoms. The number of hydrogen-bond donors (Lipinski definition) is 2. The predicted octanol–water partition coefficient (Wildman–Crippen LogP) is 3.58. The number of nitrogens with one attached hydrogen (secondary N) is 1. The van der Waals surface area contributed by atoms with Gasteiger partial charge in [-0.25, -0.2) is 0 Å². The molecule has 0 fully saturated rings. The van der Waals surface area contributed by atoms with Crippen molar-refractivity contribution in [3.63, 3.8) is 0 Å². The second-order valence-electron chi connectivity index (χ2n) is 7.02. The van der Waals surface area contributed by atoms with Gasteiger partial charge in [-0.05, 0) is 60.1 Å². The van der Waals surface area contributed by atoms with Crippen molar-refractivity contribution in [3.05, 3.63) is 64.7 Å². The van der Waals surface area contributed by atoms with E-state index in [1.54, 1.807) is 0 Å². The van der Waals surface area contributed by atoms with Gasteiger partial charge >= 0.3 is 0 Å². The Balaban J connectivity index is 0.00000196. The smallest absolute Gasteiger partial charge is 0.193 e. The maximum absolute atomic E-state index is 6.06. The van der Waals surface area contributed by atoms with E-state index in [1.165, 1.54) is 41.5 Å². The van der Waals surface area contributed by atoms with Gasteiger partial charge in [0.2, 0.25) is 0 Å². The molecule has 4 nitrogen and oxygen atoms in total. The number of aryl methyl sites for hydroxylation is 2. The zero-order valence-corrected chi connectivity index (χ0v) is 17.4. The zero-order chi connectivity index (χ0) is 17.1. The van der Waals surface area contributed by atoms with Gasteiger partial charge in [0.05, 0.1) is 6.54 Å². The summed E-state index contributed by atoms with van der Waals surface area (Å²) in [5.41, 5.74) is 13.0. The van der Waals surface area contributed by atoms with Crippen molar-refractivity contribution in [2.75, 3.05) is 25.0 Å². The fourth-order valence-electron chi connectivity index (χ4n) is 3.89. The van der Waals surface area contributed by atoms with Crippen molar-refractivity contribution in [1.29, 1.82) is 0 Å². The minimum absolute atomic E-state index is 0. The predicted molar refractivity (Wildman–Crippen MR) is 119 cm³/mol. The Morgan fingerprint density at radius 1 is 1.00 bits per heavy atom. The highest BCUT2D eigenvalue weighted by atomic mass is 127. The molecule has 2 aromatic carbocycles. The molecular formula is C21H27IN4. The van der Waals surface area contributed by atoms with Crippen LogP contribution in [0, 0.1) is 0 Å². The van der Waals surface area contributed by atoms with E-state index in [9.17, 15) is 0 Å². The fourth-order valence-corrected chi connectivity index (χ4v) is 3.89. The van der Waals surface area contributed by atoms with Crippen molar-refractivity contribution in [2.45, 2.75) is 32.2 Å². The van der Waals surface area contributed by atoms with Crippen LogP contribution in [0.25, 0.3) is 0 Å². The highest BCUT2D eigenvalue weighted by Gasteiger charge is 2.15. The summed E-state index contributed by atoms with van der Waals surface area (Å²) >= 11 is 0. The maximum atomic E-state index is 6.06. The molecule has 26 heavy (non-hydrogen) atoms. The molecule has 2 aromatic rings. The monoisotopic (exact) mass is 462 g/mol. The summed E-state index contributed by atoms with van der Waals surface area (Å²) in [5.74, 6) is 0.510. The van der Waals surface area contributed by atoms with Gasteiger partial charge in [-0.1, -0.05) is 30.3 Å². The Labute approximate surface area is 172 Å². The summed E-state index contributed by atoms with van der Waals surface area (Å²) in [6.07, 6.45) is 4.78. The average molecular weight is 462 g/mol. The molecular weight excluding hydrogens is 435 g/mol. The van der Waals surface area contributed by atoms with Crippen LogP contribution in [0.2, 0.25) is 0 Å². The van der Waals surface area contributed by atoms with Gasteiger partial charge in [-0.3, -0.25) is 9.89 Å². The number of aliphatic imine (C=N–C) groups is 1. The topological polar surface area (TPSA) is 53.6 Å².